The Hall–Kier alpha value is -1.86. The molecule has 1 aliphatic rings. The van der Waals surface area contributed by atoms with Gasteiger partial charge in [-0.3, -0.25) is 9.59 Å². The van der Waals surface area contributed by atoms with Gasteiger partial charge in [0.15, 0.2) is 0 Å². The second-order valence-electron chi connectivity index (χ2n) is 6.90. The second kappa shape index (κ2) is 9.56. The van der Waals surface area contributed by atoms with Crippen LogP contribution in [0.4, 0.5) is 5.00 Å². The van der Waals surface area contributed by atoms with Crippen molar-refractivity contribution in [3.05, 3.63) is 44.2 Å². The predicted octanol–water partition coefficient (Wildman–Crippen LogP) is 4.85. The van der Waals surface area contributed by atoms with Crippen molar-refractivity contribution in [1.29, 1.82) is 0 Å². The third-order valence-electron chi connectivity index (χ3n) is 4.88. The van der Waals surface area contributed by atoms with E-state index in [1.54, 1.807) is 0 Å². The van der Waals surface area contributed by atoms with Crippen molar-refractivity contribution < 1.29 is 14.3 Å². The van der Waals surface area contributed by atoms with Crippen LogP contribution in [-0.2, 0) is 24.1 Å². The van der Waals surface area contributed by atoms with Crippen molar-refractivity contribution in [2.45, 2.75) is 51.9 Å². The summed E-state index contributed by atoms with van der Waals surface area (Å²) >= 11 is 5.01. The highest BCUT2D eigenvalue weighted by Gasteiger charge is 2.24. The van der Waals surface area contributed by atoms with E-state index in [1.165, 1.54) is 21.8 Å². The van der Waals surface area contributed by atoms with Crippen molar-refractivity contribution in [2.75, 3.05) is 11.9 Å². The zero-order chi connectivity index (χ0) is 20.1. The van der Waals surface area contributed by atoms with Crippen LogP contribution in [-0.4, -0.2) is 18.4 Å². The molecule has 0 saturated heterocycles. The Morgan fingerprint density at radius 2 is 2.07 bits per heavy atom. The number of amides is 2. The number of fused-ring (bicyclic) bond motifs is 1. The van der Waals surface area contributed by atoms with Gasteiger partial charge in [0, 0.05) is 11.3 Å². The normalized spacial score (nSPS) is 13.1. The average molecular weight is 465 g/mol. The lowest BCUT2D eigenvalue weighted by atomic mass is 9.95. The van der Waals surface area contributed by atoms with Gasteiger partial charge in [0.1, 0.15) is 10.8 Å². The fraction of sp³-hybridized carbons (Fsp3) is 0.429. The van der Waals surface area contributed by atoms with E-state index in [4.69, 9.17) is 10.5 Å². The Kier molecular flexibility index (Phi) is 7.13. The number of halogens is 1. The minimum Gasteiger partial charge on any atom is -0.492 e. The van der Waals surface area contributed by atoms with Gasteiger partial charge in [0.05, 0.1) is 16.6 Å². The minimum atomic E-state index is -0.460. The molecule has 0 radical (unpaired) electrons. The SMILES string of the molecule is CCc1ccc(OCCCC(=O)Nc2sc3c(c2C(N)=O)CCCC3)c(Br)c1. The molecule has 0 spiro atoms. The highest BCUT2D eigenvalue weighted by molar-refractivity contribution is 9.10. The molecule has 0 unspecified atom stereocenters. The van der Waals surface area contributed by atoms with Gasteiger partial charge in [0.2, 0.25) is 5.91 Å². The molecule has 5 nitrogen and oxygen atoms in total. The van der Waals surface area contributed by atoms with E-state index in [0.717, 1.165) is 47.9 Å². The van der Waals surface area contributed by atoms with Crippen molar-refractivity contribution in [3.8, 4) is 5.75 Å². The fourth-order valence-corrected chi connectivity index (χ4v) is 5.25. The van der Waals surface area contributed by atoms with Crippen LogP contribution in [0.1, 0.15) is 59.0 Å². The second-order valence-corrected chi connectivity index (χ2v) is 8.86. The number of carbonyl (C=O) groups excluding carboxylic acids is 2. The van der Waals surface area contributed by atoms with Crippen molar-refractivity contribution in [2.24, 2.45) is 5.73 Å². The van der Waals surface area contributed by atoms with Crippen molar-refractivity contribution >= 4 is 44.1 Å². The molecule has 0 aliphatic heterocycles. The lowest BCUT2D eigenvalue weighted by Crippen LogP contribution is -2.18. The first kappa shape index (κ1) is 20.9. The highest BCUT2D eigenvalue weighted by Crippen LogP contribution is 2.38. The maximum Gasteiger partial charge on any atom is 0.251 e. The number of ether oxygens (including phenoxy) is 1. The predicted molar refractivity (Wildman–Crippen MR) is 116 cm³/mol. The lowest BCUT2D eigenvalue weighted by Gasteiger charge is -2.11. The first-order chi connectivity index (χ1) is 13.5. The average Bonchev–Trinajstić information content (AvgIpc) is 3.04. The molecular formula is C21H25BrN2O3S. The van der Waals surface area contributed by atoms with Crippen molar-refractivity contribution in [1.82, 2.24) is 0 Å². The number of hydrogen-bond acceptors (Lipinski definition) is 4. The number of nitrogens with one attached hydrogen (secondary N) is 1. The van der Waals surface area contributed by atoms with E-state index in [1.807, 2.05) is 18.2 Å². The van der Waals surface area contributed by atoms with Crippen LogP contribution in [0.3, 0.4) is 0 Å². The van der Waals surface area contributed by atoms with Gasteiger partial charge in [-0.1, -0.05) is 13.0 Å². The van der Waals surface area contributed by atoms with Crippen LogP contribution in [0.5, 0.6) is 5.75 Å². The number of anilines is 1. The Bertz CT molecular complexity index is 879. The third kappa shape index (κ3) is 4.94. The number of nitrogens with two attached hydrogens (primary N) is 1. The Morgan fingerprint density at radius 3 is 2.79 bits per heavy atom. The zero-order valence-electron chi connectivity index (χ0n) is 16.0. The van der Waals surface area contributed by atoms with E-state index < -0.39 is 5.91 Å². The minimum absolute atomic E-state index is 0.120. The maximum absolute atomic E-state index is 12.3. The van der Waals surface area contributed by atoms with Gasteiger partial charge in [-0.05, 0) is 77.7 Å². The standard InChI is InChI=1S/C21H25BrN2O3S/c1-2-13-9-10-16(15(22)12-13)27-11-5-8-18(25)24-21-19(20(23)26)14-6-3-4-7-17(14)28-21/h9-10,12H,2-8,11H2,1H3,(H2,23,26)(H,24,25). The quantitative estimate of drug-likeness (QED) is 0.547. The zero-order valence-corrected chi connectivity index (χ0v) is 18.4. The first-order valence-electron chi connectivity index (χ1n) is 9.65. The van der Waals surface area contributed by atoms with Crippen LogP contribution in [0, 0.1) is 0 Å². The number of carbonyl (C=O) groups is 2. The molecule has 1 heterocycles. The molecule has 0 fully saturated rings. The number of benzene rings is 1. The number of primary amides is 1. The van der Waals surface area contributed by atoms with E-state index in [2.05, 4.69) is 28.2 Å². The van der Waals surface area contributed by atoms with Crippen LogP contribution in [0.25, 0.3) is 0 Å². The van der Waals surface area contributed by atoms with Crippen LogP contribution < -0.4 is 15.8 Å². The summed E-state index contributed by atoms with van der Waals surface area (Å²) in [5.41, 5.74) is 8.34. The van der Waals surface area contributed by atoms with E-state index in [0.29, 0.717) is 30.0 Å². The topological polar surface area (TPSA) is 81.4 Å². The van der Waals surface area contributed by atoms with Gasteiger partial charge in [-0.25, -0.2) is 0 Å². The fourth-order valence-electron chi connectivity index (χ4n) is 3.40. The molecule has 1 aromatic heterocycles. The number of hydrogen-bond donors (Lipinski definition) is 2. The number of thiophene rings is 1. The van der Waals surface area contributed by atoms with Crippen LogP contribution in [0.2, 0.25) is 0 Å². The van der Waals surface area contributed by atoms with E-state index in [-0.39, 0.29) is 5.91 Å². The van der Waals surface area contributed by atoms with Gasteiger partial charge >= 0.3 is 0 Å². The Morgan fingerprint density at radius 1 is 1.29 bits per heavy atom. The molecule has 2 aromatic rings. The van der Waals surface area contributed by atoms with Crippen molar-refractivity contribution in [3.63, 3.8) is 0 Å². The molecule has 28 heavy (non-hydrogen) atoms. The molecule has 0 bridgehead atoms. The lowest BCUT2D eigenvalue weighted by molar-refractivity contribution is -0.116. The molecule has 2 amide bonds. The van der Waals surface area contributed by atoms with E-state index in [9.17, 15) is 9.59 Å². The molecule has 150 valence electrons. The molecular weight excluding hydrogens is 440 g/mol. The molecule has 3 rings (SSSR count). The summed E-state index contributed by atoms with van der Waals surface area (Å²) in [6.45, 7) is 2.55. The third-order valence-corrected chi connectivity index (χ3v) is 6.71. The Balaban J connectivity index is 1.52. The van der Waals surface area contributed by atoms with Gasteiger partial charge < -0.3 is 15.8 Å². The summed E-state index contributed by atoms with van der Waals surface area (Å²) in [5.74, 6) is 0.197. The maximum atomic E-state index is 12.3. The highest BCUT2D eigenvalue weighted by atomic mass is 79.9. The smallest absolute Gasteiger partial charge is 0.251 e. The van der Waals surface area contributed by atoms with Crippen LogP contribution >= 0.6 is 27.3 Å². The summed E-state index contributed by atoms with van der Waals surface area (Å²) in [6.07, 6.45) is 5.87. The monoisotopic (exact) mass is 464 g/mol. The molecule has 0 saturated carbocycles. The first-order valence-corrected chi connectivity index (χ1v) is 11.3. The van der Waals surface area contributed by atoms with Gasteiger partial charge in [0.25, 0.3) is 5.91 Å². The van der Waals surface area contributed by atoms with Crippen LogP contribution in [0.15, 0.2) is 22.7 Å². The summed E-state index contributed by atoms with van der Waals surface area (Å²) < 4.78 is 6.69. The molecule has 0 atom stereocenters. The number of aryl methyl sites for hydroxylation is 2. The summed E-state index contributed by atoms with van der Waals surface area (Å²) in [4.78, 5) is 25.4. The molecule has 1 aromatic carbocycles. The largest absolute Gasteiger partial charge is 0.492 e. The summed E-state index contributed by atoms with van der Waals surface area (Å²) in [5, 5.41) is 3.49. The Labute approximate surface area is 177 Å². The molecule has 3 N–H and O–H groups in total. The molecule has 7 heteroatoms. The van der Waals surface area contributed by atoms with E-state index >= 15 is 0 Å². The van der Waals surface area contributed by atoms with Gasteiger partial charge in [-0.2, -0.15) is 0 Å². The summed E-state index contributed by atoms with van der Waals surface area (Å²) in [7, 11) is 0. The number of rotatable bonds is 8. The summed E-state index contributed by atoms with van der Waals surface area (Å²) in [6, 6.07) is 6.03. The molecule has 1 aliphatic carbocycles. The van der Waals surface area contributed by atoms with Gasteiger partial charge in [-0.15, -0.1) is 11.3 Å².